The summed E-state index contributed by atoms with van der Waals surface area (Å²) < 4.78 is 5.75. The van der Waals surface area contributed by atoms with E-state index in [-0.39, 0.29) is 5.60 Å². The van der Waals surface area contributed by atoms with Crippen molar-refractivity contribution in [3.63, 3.8) is 0 Å². The Morgan fingerprint density at radius 3 is 2.54 bits per heavy atom. The highest BCUT2D eigenvalue weighted by atomic mass is 16.5. The normalized spacial score (nSPS) is 28.2. The second-order valence-corrected chi connectivity index (χ2v) is 4.57. The molecule has 0 spiro atoms. The predicted octanol–water partition coefficient (Wildman–Crippen LogP) is 3.92. The molecule has 1 unspecified atom stereocenters. The Morgan fingerprint density at radius 1 is 1.15 bits per heavy atom. The highest BCUT2D eigenvalue weighted by Crippen LogP contribution is 2.30. The summed E-state index contributed by atoms with van der Waals surface area (Å²) in [5, 5.41) is 0. The molecule has 1 heteroatoms. The van der Waals surface area contributed by atoms with Crippen molar-refractivity contribution in [2.45, 2.75) is 70.8 Å². The van der Waals surface area contributed by atoms with Gasteiger partial charge in [-0.2, -0.15) is 0 Å². The molecule has 1 atom stereocenters. The number of ether oxygens (including phenoxy) is 1. The molecule has 1 fully saturated rings. The van der Waals surface area contributed by atoms with Crippen molar-refractivity contribution in [2.24, 2.45) is 0 Å². The quantitative estimate of drug-likeness (QED) is 0.569. The molecule has 1 aliphatic heterocycles. The predicted molar refractivity (Wildman–Crippen MR) is 57.0 cm³/mol. The molecule has 1 aliphatic rings. The van der Waals surface area contributed by atoms with E-state index in [1.165, 1.54) is 51.4 Å². The van der Waals surface area contributed by atoms with E-state index in [2.05, 4.69) is 13.8 Å². The Balaban J connectivity index is 1.98. The average molecular weight is 184 g/mol. The van der Waals surface area contributed by atoms with E-state index in [9.17, 15) is 0 Å². The Kier molecular flexibility index (Phi) is 4.79. The maximum Gasteiger partial charge on any atom is 0.0655 e. The van der Waals surface area contributed by atoms with Crippen LogP contribution in [0, 0.1) is 0 Å². The lowest BCUT2D eigenvalue weighted by molar-refractivity contribution is 0.0113. The van der Waals surface area contributed by atoms with E-state index in [0.29, 0.717) is 0 Å². The topological polar surface area (TPSA) is 9.23 Å². The molecule has 1 nitrogen and oxygen atoms in total. The zero-order valence-corrected chi connectivity index (χ0v) is 9.27. The average Bonchev–Trinajstić information content (AvgIpc) is 2.53. The van der Waals surface area contributed by atoms with Gasteiger partial charge < -0.3 is 4.74 Å². The molecule has 0 amide bonds. The lowest BCUT2D eigenvalue weighted by atomic mass is 9.95. The van der Waals surface area contributed by atoms with Crippen molar-refractivity contribution in [3.05, 3.63) is 0 Å². The van der Waals surface area contributed by atoms with Crippen LogP contribution in [-0.2, 0) is 4.74 Å². The third-order valence-electron chi connectivity index (χ3n) is 3.11. The minimum Gasteiger partial charge on any atom is -0.375 e. The van der Waals surface area contributed by atoms with Crippen molar-refractivity contribution in [1.29, 1.82) is 0 Å². The van der Waals surface area contributed by atoms with Gasteiger partial charge in [-0.25, -0.2) is 0 Å². The van der Waals surface area contributed by atoms with Gasteiger partial charge in [-0.05, 0) is 26.2 Å². The van der Waals surface area contributed by atoms with Crippen LogP contribution in [-0.4, -0.2) is 12.2 Å². The van der Waals surface area contributed by atoms with E-state index >= 15 is 0 Å². The summed E-state index contributed by atoms with van der Waals surface area (Å²) in [4.78, 5) is 0. The van der Waals surface area contributed by atoms with Gasteiger partial charge in [-0.1, -0.05) is 39.0 Å². The van der Waals surface area contributed by atoms with Gasteiger partial charge in [-0.3, -0.25) is 0 Å². The number of hydrogen-bond acceptors (Lipinski definition) is 1. The van der Waals surface area contributed by atoms with Crippen molar-refractivity contribution in [3.8, 4) is 0 Å². The summed E-state index contributed by atoms with van der Waals surface area (Å²) in [5.41, 5.74) is 0.242. The molecule has 0 aliphatic carbocycles. The fourth-order valence-electron chi connectivity index (χ4n) is 2.14. The third-order valence-corrected chi connectivity index (χ3v) is 3.11. The van der Waals surface area contributed by atoms with Gasteiger partial charge in [0.25, 0.3) is 0 Å². The van der Waals surface area contributed by atoms with Crippen LogP contribution < -0.4 is 0 Å². The van der Waals surface area contributed by atoms with Gasteiger partial charge >= 0.3 is 0 Å². The molecule has 78 valence electrons. The standard InChI is InChI=1S/C12H24O/c1-3-4-5-6-7-9-12(2)10-8-11-13-12/h3-11H2,1-2H3. The molecule has 1 heterocycles. The Hall–Kier alpha value is -0.0400. The van der Waals surface area contributed by atoms with Crippen molar-refractivity contribution >= 4 is 0 Å². The minimum atomic E-state index is 0.242. The van der Waals surface area contributed by atoms with Crippen LogP contribution in [0.15, 0.2) is 0 Å². The fraction of sp³-hybridized carbons (Fsp3) is 1.00. The van der Waals surface area contributed by atoms with Crippen molar-refractivity contribution in [2.75, 3.05) is 6.61 Å². The summed E-state index contributed by atoms with van der Waals surface area (Å²) in [5.74, 6) is 0. The second kappa shape index (κ2) is 5.64. The fourth-order valence-corrected chi connectivity index (χ4v) is 2.14. The third kappa shape index (κ3) is 4.12. The molecular formula is C12H24O. The molecular weight excluding hydrogens is 160 g/mol. The molecule has 0 aromatic heterocycles. The van der Waals surface area contributed by atoms with Crippen LogP contribution >= 0.6 is 0 Å². The first-order valence-corrected chi connectivity index (χ1v) is 5.91. The number of hydrogen-bond donors (Lipinski definition) is 0. The lowest BCUT2D eigenvalue weighted by Gasteiger charge is -2.22. The molecule has 1 rings (SSSR count). The zero-order chi connectivity index (χ0) is 9.57. The molecule has 0 radical (unpaired) electrons. The first-order chi connectivity index (χ1) is 6.27. The summed E-state index contributed by atoms with van der Waals surface area (Å²) in [6, 6.07) is 0. The van der Waals surface area contributed by atoms with Gasteiger partial charge in [0, 0.05) is 6.61 Å². The summed E-state index contributed by atoms with van der Waals surface area (Å²) in [6.45, 7) is 5.53. The van der Waals surface area contributed by atoms with Crippen LogP contribution in [0.3, 0.4) is 0 Å². The van der Waals surface area contributed by atoms with Crippen molar-refractivity contribution in [1.82, 2.24) is 0 Å². The smallest absolute Gasteiger partial charge is 0.0655 e. The van der Waals surface area contributed by atoms with E-state index in [4.69, 9.17) is 4.74 Å². The van der Waals surface area contributed by atoms with E-state index in [0.717, 1.165) is 6.61 Å². The first kappa shape index (κ1) is 11.0. The van der Waals surface area contributed by atoms with Crippen LogP contribution in [0.4, 0.5) is 0 Å². The van der Waals surface area contributed by atoms with E-state index < -0.39 is 0 Å². The van der Waals surface area contributed by atoms with Crippen molar-refractivity contribution < 1.29 is 4.74 Å². The Bertz CT molecular complexity index is 125. The molecule has 0 aromatic carbocycles. The maximum absolute atomic E-state index is 5.75. The van der Waals surface area contributed by atoms with Gasteiger partial charge in [0.05, 0.1) is 5.60 Å². The summed E-state index contributed by atoms with van der Waals surface area (Å²) in [7, 11) is 0. The van der Waals surface area contributed by atoms with Gasteiger partial charge in [0.2, 0.25) is 0 Å². The molecule has 0 N–H and O–H groups in total. The minimum absolute atomic E-state index is 0.242. The molecule has 1 saturated heterocycles. The molecule has 0 aromatic rings. The number of rotatable bonds is 6. The van der Waals surface area contributed by atoms with E-state index in [1.807, 2.05) is 0 Å². The molecule has 0 bridgehead atoms. The van der Waals surface area contributed by atoms with Gasteiger partial charge in [0.15, 0.2) is 0 Å². The zero-order valence-electron chi connectivity index (χ0n) is 9.27. The summed E-state index contributed by atoms with van der Waals surface area (Å²) >= 11 is 0. The maximum atomic E-state index is 5.75. The number of unbranched alkanes of at least 4 members (excludes halogenated alkanes) is 4. The second-order valence-electron chi connectivity index (χ2n) is 4.57. The van der Waals surface area contributed by atoms with Crippen LogP contribution in [0.2, 0.25) is 0 Å². The molecule has 13 heavy (non-hydrogen) atoms. The largest absolute Gasteiger partial charge is 0.375 e. The van der Waals surface area contributed by atoms with Crippen LogP contribution in [0.25, 0.3) is 0 Å². The van der Waals surface area contributed by atoms with Gasteiger partial charge in [0.1, 0.15) is 0 Å². The SMILES string of the molecule is CCCCCCCC1(C)CCCO1. The van der Waals surface area contributed by atoms with E-state index in [1.54, 1.807) is 0 Å². The highest BCUT2D eigenvalue weighted by Gasteiger charge is 2.28. The van der Waals surface area contributed by atoms with Crippen LogP contribution in [0.5, 0.6) is 0 Å². The van der Waals surface area contributed by atoms with Crippen LogP contribution in [0.1, 0.15) is 65.2 Å². The monoisotopic (exact) mass is 184 g/mol. The summed E-state index contributed by atoms with van der Waals surface area (Å²) in [6.07, 6.45) is 10.7. The first-order valence-electron chi connectivity index (χ1n) is 5.91. The highest BCUT2D eigenvalue weighted by molar-refractivity contribution is 4.79. The Labute approximate surface area is 82.9 Å². The van der Waals surface area contributed by atoms with Gasteiger partial charge in [-0.15, -0.1) is 0 Å². The lowest BCUT2D eigenvalue weighted by Crippen LogP contribution is -2.22. The Morgan fingerprint density at radius 2 is 1.92 bits per heavy atom. The molecule has 0 saturated carbocycles.